The first kappa shape index (κ1) is 11.3. The molecule has 94 valence electrons. The van der Waals surface area contributed by atoms with E-state index in [1.54, 1.807) is 6.07 Å². The Labute approximate surface area is 105 Å². The van der Waals surface area contributed by atoms with Crippen LogP contribution in [0.15, 0.2) is 34.7 Å². The van der Waals surface area contributed by atoms with Gasteiger partial charge in [0, 0.05) is 25.0 Å². The summed E-state index contributed by atoms with van der Waals surface area (Å²) in [6.07, 6.45) is -0.0422. The minimum Gasteiger partial charge on any atom is -0.451 e. The smallest absolute Gasteiger partial charge is 0.288 e. The molecule has 0 spiro atoms. The number of carbonyl (C=O) groups excluding carboxylic acids is 1. The van der Waals surface area contributed by atoms with E-state index in [0.717, 1.165) is 30.6 Å². The molecule has 1 amide bonds. The standard InChI is InChI=1S/C13H15N3O2/c17-13(16-12-8-14-5-6-15-12)11-7-9-3-1-2-4-10(9)18-11/h1-4,7,12,14-15H,5-6,8H2,(H,16,17). The summed E-state index contributed by atoms with van der Waals surface area (Å²) in [5.41, 5.74) is 0.734. The molecule has 1 aliphatic rings. The fraction of sp³-hybridized carbons (Fsp3) is 0.308. The second-order valence-electron chi connectivity index (χ2n) is 4.33. The van der Waals surface area contributed by atoms with E-state index in [2.05, 4.69) is 16.0 Å². The first-order valence-electron chi connectivity index (χ1n) is 6.06. The molecule has 2 heterocycles. The zero-order valence-electron chi connectivity index (χ0n) is 9.90. The number of hydrogen-bond donors (Lipinski definition) is 3. The summed E-state index contributed by atoms with van der Waals surface area (Å²) in [5, 5.41) is 10.3. The summed E-state index contributed by atoms with van der Waals surface area (Å²) < 4.78 is 5.51. The molecule has 5 nitrogen and oxygen atoms in total. The molecule has 1 aliphatic heterocycles. The molecule has 1 saturated heterocycles. The van der Waals surface area contributed by atoms with Crippen LogP contribution < -0.4 is 16.0 Å². The Bertz CT molecular complexity index is 525. The topological polar surface area (TPSA) is 66.3 Å². The van der Waals surface area contributed by atoms with Crippen molar-refractivity contribution in [2.24, 2.45) is 0 Å². The van der Waals surface area contributed by atoms with Crippen LogP contribution in [0, 0.1) is 0 Å². The van der Waals surface area contributed by atoms with Crippen LogP contribution in [0.25, 0.3) is 11.0 Å². The predicted octanol–water partition coefficient (Wildman–Crippen LogP) is 0.682. The molecule has 3 N–H and O–H groups in total. The minimum atomic E-state index is -0.188. The second kappa shape index (κ2) is 4.80. The highest BCUT2D eigenvalue weighted by Crippen LogP contribution is 2.18. The SMILES string of the molecule is O=C(NC1CNCCN1)c1cc2ccccc2o1. The Hall–Kier alpha value is -1.85. The lowest BCUT2D eigenvalue weighted by Crippen LogP contribution is -2.56. The Kier molecular flexibility index (Phi) is 3.00. The molecular formula is C13H15N3O2. The largest absolute Gasteiger partial charge is 0.451 e. The van der Waals surface area contributed by atoms with Gasteiger partial charge in [-0.15, -0.1) is 0 Å². The molecule has 5 heteroatoms. The third-order valence-electron chi connectivity index (χ3n) is 3.00. The number of piperazine rings is 1. The summed E-state index contributed by atoms with van der Waals surface area (Å²) in [6, 6.07) is 9.36. The number of nitrogens with one attached hydrogen (secondary N) is 3. The van der Waals surface area contributed by atoms with Crippen LogP contribution in [0.1, 0.15) is 10.6 Å². The van der Waals surface area contributed by atoms with Crippen molar-refractivity contribution in [1.82, 2.24) is 16.0 Å². The zero-order valence-corrected chi connectivity index (χ0v) is 9.90. The maximum absolute atomic E-state index is 12.0. The highest BCUT2D eigenvalue weighted by atomic mass is 16.3. The van der Waals surface area contributed by atoms with Crippen molar-refractivity contribution in [3.63, 3.8) is 0 Å². The second-order valence-corrected chi connectivity index (χ2v) is 4.33. The molecule has 18 heavy (non-hydrogen) atoms. The summed E-state index contributed by atoms with van der Waals surface area (Å²) in [5.74, 6) is 0.163. The Morgan fingerprint density at radius 1 is 1.33 bits per heavy atom. The third kappa shape index (κ3) is 2.23. The van der Waals surface area contributed by atoms with Crippen molar-refractivity contribution in [1.29, 1.82) is 0 Å². The summed E-state index contributed by atoms with van der Waals surface area (Å²) in [6.45, 7) is 2.51. The molecule has 1 atom stereocenters. The maximum Gasteiger partial charge on any atom is 0.288 e. The number of para-hydroxylation sites is 1. The monoisotopic (exact) mass is 245 g/mol. The maximum atomic E-state index is 12.0. The normalized spacial score (nSPS) is 19.9. The van der Waals surface area contributed by atoms with Gasteiger partial charge < -0.3 is 15.1 Å². The third-order valence-corrected chi connectivity index (χ3v) is 3.00. The summed E-state index contributed by atoms with van der Waals surface area (Å²) >= 11 is 0. The van der Waals surface area contributed by atoms with Crippen LogP contribution in [0.2, 0.25) is 0 Å². The lowest BCUT2D eigenvalue weighted by Gasteiger charge is -2.24. The molecule has 0 aliphatic carbocycles. The van der Waals surface area contributed by atoms with Crippen molar-refractivity contribution < 1.29 is 9.21 Å². The van der Waals surface area contributed by atoms with E-state index in [1.165, 1.54) is 0 Å². The molecule has 1 fully saturated rings. The van der Waals surface area contributed by atoms with Gasteiger partial charge in [0.15, 0.2) is 5.76 Å². The van der Waals surface area contributed by atoms with Crippen molar-refractivity contribution >= 4 is 16.9 Å². The Morgan fingerprint density at radius 3 is 3.00 bits per heavy atom. The van der Waals surface area contributed by atoms with Crippen molar-refractivity contribution in [2.45, 2.75) is 6.17 Å². The van der Waals surface area contributed by atoms with E-state index in [9.17, 15) is 4.79 Å². The molecule has 1 aromatic carbocycles. The van der Waals surface area contributed by atoms with Crippen LogP contribution in [0.4, 0.5) is 0 Å². The highest BCUT2D eigenvalue weighted by molar-refractivity contribution is 5.96. The fourth-order valence-electron chi connectivity index (χ4n) is 2.08. The van der Waals surface area contributed by atoms with Gasteiger partial charge in [0.2, 0.25) is 0 Å². The number of fused-ring (bicyclic) bond motifs is 1. The number of benzene rings is 1. The van der Waals surface area contributed by atoms with Gasteiger partial charge >= 0.3 is 0 Å². The van der Waals surface area contributed by atoms with Crippen LogP contribution in [-0.2, 0) is 0 Å². The van der Waals surface area contributed by atoms with Gasteiger partial charge in [-0.25, -0.2) is 0 Å². The summed E-state index contributed by atoms with van der Waals surface area (Å²) in [4.78, 5) is 12.0. The number of rotatable bonds is 2. The molecule has 1 unspecified atom stereocenters. The van der Waals surface area contributed by atoms with Crippen molar-refractivity contribution in [2.75, 3.05) is 19.6 Å². The zero-order chi connectivity index (χ0) is 12.4. The number of carbonyl (C=O) groups is 1. The first-order valence-corrected chi connectivity index (χ1v) is 6.06. The molecule has 1 aromatic heterocycles. The number of hydrogen-bond acceptors (Lipinski definition) is 4. The van der Waals surface area contributed by atoms with E-state index in [1.807, 2.05) is 24.3 Å². The van der Waals surface area contributed by atoms with E-state index in [-0.39, 0.29) is 12.1 Å². The van der Waals surface area contributed by atoms with Gasteiger partial charge in [-0.1, -0.05) is 18.2 Å². The van der Waals surface area contributed by atoms with Crippen LogP contribution >= 0.6 is 0 Å². The predicted molar refractivity (Wildman–Crippen MR) is 68.3 cm³/mol. The lowest BCUT2D eigenvalue weighted by atomic mass is 10.2. The molecule has 3 rings (SSSR count). The summed E-state index contributed by atoms with van der Waals surface area (Å²) in [7, 11) is 0. The molecule has 0 saturated carbocycles. The number of furan rings is 1. The Morgan fingerprint density at radius 2 is 2.22 bits per heavy atom. The molecular weight excluding hydrogens is 230 g/mol. The van der Waals surface area contributed by atoms with E-state index in [4.69, 9.17) is 4.42 Å². The molecule has 2 aromatic rings. The van der Waals surface area contributed by atoms with Gasteiger partial charge in [-0.3, -0.25) is 10.1 Å². The highest BCUT2D eigenvalue weighted by Gasteiger charge is 2.18. The first-order chi connectivity index (χ1) is 8.83. The van der Waals surface area contributed by atoms with Crippen LogP contribution in [0.3, 0.4) is 0 Å². The van der Waals surface area contributed by atoms with E-state index >= 15 is 0 Å². The van der Waals surface area contributed by atoms with Crippen LogP contribution in [-0.4, -0.2) is 31.7 Å². The van der Waals surface area contributed by atoms with Gasteiger partial charge in [0.1, 0.15) is 5.58 Å². The fourth-order valence-corrected chi connectivity index (χ4v) is 2.08. The van der Waals surface area contributed by atoms with Crippen molar-refractivity contribution in [3.8, 4) is 0 Å². The molecule has 0 bridgehead atoms. The number of amides is 1. The van der Waals surface area contributed by atoms with Gasteiger partial charge in [0.25, 0.3) is 5.91 Å². The van der Waals surface area contributed by atoms with Crippen LogP contribution in [0.5, 0.6) is 0 Å². The minimum absolute atomic E-state index is 0.0422. The Balaban J connectivity index is 1.74. The molecule has 0 radical (unpaired) electrons. The van der Waals surface area contributed by atoms with Gasteiger partial charge in [-0.2, -0.15) is 0 Å². The van der Waals surface area contributed by atoms with Crippen molar-refractivity contribution in [3.05, 3.63) is 36.1 Å². The average molecular weight is 245 g/mol. The quantitative estimate of drug-likeness (QED) is 0.728. The lowest BCUT2D eigenvalue weighted by molar-refractivity contribution is 0.0899. The van der Waals surface area contributed by atoms with E-state index in [0.29, 0.717) is 5.76 Å². The van der Waals surface area contributed by atoms with E-state index < -0.39 is 0 Å². The van der Waals surface area contributed by atoms with Gasteiger partial charge in [0.05, 0.1) is 6.17 Å². The van der Waals surface area contributed by atoms with Gasteiger partial charge in [-0.05, 0) is 12.1 Å². The average Bonchev–Trinajstić information content (AvgIpc) is 2.84.